The SMILES string of the molecule is O=C(Nc1ccc2c(c1)OC(F)(F)C(F)(F)O2)c1cccnc1Cl. The van der Waals surface area contributed by atoms with Gasteiger partial charge in [-0.1, -0.05) is 11.6 Å². The highest BCUT2D eigenvalue weighted by molar-refractivity contribution is 6.33. The topological polar surface area (TPSA) is 60.5 Å². The van der Waals surface area contributed by atoms with E-state index >= 15 is 0 Å². The van der Waals surface area contributed by atoms with Crippen LogP contribution >= 0.6 is 11.6 Å². The predicted octanol–water partition coefficient (Wildman–Crippen LogP) is 3.94. The van der Waals surface area contributed by atoms with Gasteiger partial charge >= 0.3 is 12.2 Å². The molecule has 0 unspecified atom stereocenters. The second-order valence-corrected chi connectivity index (χ2v) is 5.05. The van der Waals surface area contributed by atoms with Crippen molar-refractivity contribution < 1.29 is 31.8 Å². The number of ether oxygens (including phenoxy) is 2. The summed E-state index contributed by atoms with van der Waals surface area (Å²) in [6.07, 6.45) is -8.26. The van der Waals surface area contributed by atoms with Gasteiger partial charge in [0.25, 0.3) is 5.91 Å². The smallest absolute Gasteiger partial charge is 0.421 e. The number of hydrogen-bond acceptors (Lipinski definition) is 4. The van der Waals surface area contributed by atoms with Crippen LogP contribution in [0.5, 0.6) is 11.5 Å². The van der Waals surface area contributed by atoms with Gasteiger partial charge in [0, 0.05) is 18.0 Å². The van der Waals surface area contributed by atoms with Gasteiger partial charge in [0.2, 0.25) is 0 Å². The first-order chi connectivity index (χ1) is 11.2. The fourth-order valence-corrected chi connectivity index (χ4v) is 2.10. The number of hydrogen-bond donors (Lipinski definition) is 1. The molecular weight excluding hydrogens is 356 g/mol. The molecule has 0 aliphatic carbocycles. The molecule has 0 bridgehead atoms. The Balaban J connectivity index is 1.85. The Labute approximate surface area is 137 Å². The zero-order chi connectivity index (χ0) is 17.5. The van der Waals surface area contributed by atoms with Crippen LogP contribution in [0.3, 0.4) is 0 Å². The second kappa shape index (κ2) is 5.52. The minimum absolute atomic E-state index is 0.0169. The van der Waals surface area contributed by atoms with Gasteiger partial charge in [-0.3, -0.25) is 4.79 Å². The molecule has 10 heteroatoms. The lowest BCUT2D eigenvalue weighted by molar-refractivity contribution is -0.391. The number of alkyl halides is 4. The van der Waals surface area contributed by atoms with Crippen molar-refractivity contribution in [3.8, 4) is 11.5 Å². The average Bonchev–Trinajstić information content (AvgIpc) is 2.48. The molecule has 0 spiro atoms. The molecule has 0 saturated heterocycles. The maximum Gasteiger partial charge on any atom is 0.507 e. The van der Waals surface area contributed by atoms with E-state index in [0.29, 0.717) is 0 Å². The molecule has 2 aromatic rings. The lowest BCUT2D eigenvalue weighted by Gasteiger charge is -2.31. The highest BCUT2D eigenvalue weighted by Gasteiger charge is 2.65. The summed E-state index contributed by atoms with van der Waals surface area (Å²) in [6, 6.07) is 5.97. The van der Waals surface area contributed by atoms with Gasteiger partial charge in [-0.25, -0.2) is 4.98 Å². The Bertz CT molecular complexity index is 816. The quantitative estimate of drug-likeness (QED) is 0.649. The Kier molecular flexibility index (Phi) is 3.75. The monoisotopic (exact) mass is 362 g/mol. The highest BCUT2D eigenvalue weighted by Crippen LogP contribution is 2.47. The van der Waals surface area contributed by atoms with Crippen LogP contribution in [0.25, 0.3) is 0 Å². The van der Waals surface area contributed by atoms with E-state index in [4.69, 9.17) is 11.6 Å². The number of halogens is 5. The van der Waals surface area contributed by atoms with E-state index in [1.54, 1.807) is 0 Å². The molecule has 0 radical (unpaired) electrons. The van der Waals surface area contributed by atoms with Crippen molar-refractivity contribution in [3.05, 3.63) is 47.2 Å². The molecule has 24 heavy (non-hydrogen) atoms. The predicted molar refractivity (Wildman–Crippen MR) is 74.8 cm³/mol. The first-order valence-corrected chi connectivity index (χ1v) is 6.77. The van der Waals surface area contributed by atoms with Crippen molar-refractivity contribution >= 4 is 23.2 Å². The number of aromatic nitrogens is 1. The maximum atomic E-state index is 13.2. The number of anilines is 1. The van der Waals surface area contributed by atoms with E-state index in [2.05, 4.69) is 19.8 Å². The van der Waals surface area contributed by atoms with E-state index in [-0.39, 0.29) is 16.4 Å². The molecule has 1 N–H and O–H groups in total. The Morgan fingerprint density at radius 1 is 1.08 bits per heavy atom. The van der Waals surface area contributed by atoms with Gasteiger partial charge in [-0.2, -0.15) is 17.6 Å². The van der Waals surface area contributed by atoms with Crippen molar-refractivity contribution in [2.45, 2.75) is 12.2 Å². The summed E-state index contributed by atoms with van der Waals surface area (Å²) in [5.74, 6) is -1.88. The van der Waals surface area contributed by atoms with Crippen LogP contribution < -0.4 is 14.8 Å². The zero-order valence-electron chi connectivity index (χ0n) is 11.5. The van der Waals surface area contributed by atoms with Crippen LogP contribution in [-0.4, -0.2) is 23.1 Å². The lowest BCUT2D eigenvalue weighted by Crippen LogP contribution is -2.52. The first-order valence-electron chi connectivity index (χ1n) is 6.39. The molecule has 1 amide bonds. The zero-order valence-corrected chi connectivity index (χ0v) is 12.3. The number of nitrogens with one attached hydrogen (secondary N) is 1. The number of carbonyl (C=O) groups is 1. The molecule has 5 nitrogen and oxygen atoms in total. The summed E-state index contributed by atoms with van der Waals surface area (Å²) < 4.78 is 60.4. The van der Waals surface area contributed by atoms with Crippen LogP contribution in [0.2, 0.25) is 5.15 Å². The summed E-state index contributed by atoms with van der Waals surface area (Å²) in [5, 5.41) is 2.31. The molecule has 1 aromatic heterocycles. The van der Waals surface area contributed by atoms with E-state index in [9.17, 15) is 22.4 Å². The molecule has 3 rings (SSSR count). The Morgan fingerprint density at radius 2 is 1.75 bits per heavy atom. The standard InChI is InChI=1S/C14H7ClF4N2O3/c15-11-8(2-1-5-20-11)12(22)21-7-3-4-9-10(6-7)24-14(18,19)13(16,17)23-9/h1-6H,(H,21,22). The van der Waals surface area contributed by atoms with Crippen molar-refractivity contribution in [1.82, 2.24) is 4.98 Å². The molecule has 2 heterocycles. The fraction of sp³-hybridized carbons (Fsp3) is 0.143. The van der Waals surface area contributed by atoms with Gasteiger partial charge in [0.15, 0.2) is 11.5 Å². The largest absolute Gasteiger partial charge is 0.507 e. The second-order valence-electron chi connectivity index (χ2n) is 4.70. The summed E-state index contributed by atoms with van der Waals surface area (Å²) in [5.41, 5.74) is 0.0641. The minimum Gasteiger partial charge on any atom is -0.421 e. The number of pyridine rings is 1. The van der Waals surface area contributed by atoms with E-state index in [1.807, 2.05) is 0 Å². The highest BCUT2D eigenvalue weighted by atomic mass is 35.5. The number of rotatable bonds is 2. The van der Waals surface area contributed by atoms with Gasteiger partial charge in [-0.15, -0.1) is 0 Å². The van der Waals surface area contributed by atoms with Gasteiger partial charge in [0.05, 0.1) is 5.56 Å². The van der Waals surface area contributed by atoms with Crippen molar-refractivity contribution in [3.63, 3.8) is 0 Å². The average molecular weight is 363 g/mol. The summed E-state index contributed by atoms with van der Waals surface area (Å²) in [6.45, 7) is 0. The van der Waals surface area contributed by atoms with Crippen molar-refractivity contribution in [2.24, 2.45) is 0 Å². The normalized spacial score (nSPS) is 17.2. The molecule has 1 aliphatic rings. The summed E-state index contributed by atoms with van der Waals surface area (Å²) >= 11 is 5.77. The van der Waals surface area contributed by atoms with Crippen molar-refractivity contribution in [2.75, 3.05) is 5.32 Å². The fourth-order valence-electron chi connectivity index (χ4n) is 1.90. The van der Waals surface area contributed by atoms with Crippen LogP contribution in [-0.2, 0) is 0 Å². The third-order valence-corrected chi connectivity index (χ3v) is 3.32. The maximum absolute atomic E-state index is 13.2. The number of nitrogens with zero attached hydrogens (tertiary/aromatic N) is 1. The van der Waals surface area contributed by atoms with Crippen LogP contribution in [0.15, 0.2) is 36.5 Å². The third-order valence-electron chi connectivity index (χ3n) is 3.02. The molecule has 0 saturated carbocycles. The van der Waals surface area contributed by atoms with Crippen molar-refractivity contribution in [1.29, 1.82) is 0 Å². The number of benzene rings is 1. The van der Waals surface area contributed by atoms with E-state index in [0.717, 1.165) is 12.1 Å². The number of carbonyl (C=O) groups excluding carboxylic acids is 1. The number of amides is 1. The molecule has 0 atom stereocenters. The molecular formula is C14H7ClF4N2O3. The Hall–Kier alpha value is -2.55. The van der Waals surface area contributed by atoms with Crippen LogP contribution in [0.4, 0.5) is 23.2 Å². The number of fused-ring (bicyclic) bond motifs is 1. The molecule has 1 aliphatic heterocycles. The minimum atomic E-state index is -4.84. The van der Waals surface area contributed by atoms with Gasteiger partial charge < -0.3 is 14.8 Å². The Morgan fingerprint density at radius 3 is 2.42 bits per heavy atom. The third kappa shape index (κ3) is 2.82. The molecule has 126 valence electrons. The van der Waals surface area contributed by atoms with Crippen LogP contribution in [0.1, 0.15) is 10.4 Å². The molecule has 1 aromatic carbocycles. The van der Waals surface area contributed by atoms with Crippen LogP contribution in [0, 0.1) is 0 Å². The lowest BCUT2D eigenvalue weighted by atomic mass is 10.2. The van der Waals surface area contributed by atoms with Gasteiger partial charge in [0.1, 0.15) is 5.15 Å². The summed E-state index contributed by atoms with van der Waals surface area (Å²) in [4.78, 5) is 15.8. The molecule has 0 fully saturated rings. The summed E-state index contributed by atoms with van der Waals surface area (Å²) in [7, 11) is 0. The van der Waals surface area contributed by atoms with E-state index < -0.39 is 29.6 Å². The van der Waals surface area contributed by atoms with Gasteiger partial charge in [-0.05, 0) is 24.3 Å². The van der Waals surface area contributed by atoms with E-state index in [1.165, 1.54) is 24.4 Å². The first kappa shape index (κ1) is 16.3.